The lowest BCUT2D eigenvalue weighted by Crippen LogP contribution is -2.42. The lowest BCUT2D eigenvalue weighted by molar-refractivity contribution is -0.144. The highest BCUT2D eigenvalue weighted by atomic mass is 16.6. The first-order valence-electron chi connectivity index (χ1n) is 13.0. The first-order chi connectivity index (χ1) is 17.1. The molecule has 202 valence electrons. The standard InChI is InChI=1S/C27H43N3O6/c1-27(2,3)36-26(33)29-16-9-5-6-10-17-30(25(32)24(28)31)18-15-20-13-14-22(34-4)23(19-20)35-21-11-7-8-12-21/h13-14,19,21H,5-12,15-18H2,1-4H3,(H2,28,31)(H,29,33). The smallest absolute Gasteiger partial charge is 0.407 e. The Morgan fingerprint density at radius 2 is 1.72 bits per heavy atom. The van der Waals surface area contributed by atoms with E-state index >= 15 is 0 Å². The van der Waals surface area contributed by atoms with Crippen molar-refractivity contribution in [3.05, 3.63) is 23.8 Å². The predicted octanol–water partition coefficient (Wildman–Crippen LogP) is 3.96. The van der Waals surface area contributed by atoms with E-state index in [-0.39, 0.29) is 6.10 Å². The summed E-state index contributed by atoms with van der Waals surface area (Å²) in [5, 5.41) is 2.74. The van der Waals surface area contributed by atoms with Gasteiger partial charge in [-0.25, -0.2) is 4.79 Å². The van der Waals surface area contributed by atoms with E-state index in [1.807, 2.05) is 39.0 Å². The van der Waals surface area contributed by atoms with Crippen molar-refractivity contribution in [3.63, 3.8) is 0 Å². The molecule has 2 rings (SSSR count). The molecule has 9 heteroatoms. The van der Waals surface area contributed by atoms with Gasteiger partial charge in [0.05, 0.1) is 13.2 Å². The average molecular weight is 506 g/mol. The fourth-order valence-corrected chi connectivity index (χ4v) is 4.18. The minimum atomic E-state index is -0.948. The molecular formula is C27H43N3O6. The molecule has 0 radical (unpaired) electrons. The van der Waals surface area contributed by atoms with Crippen LogP contribution in [0.4, 0.5) is 4.79 Å². The number of primary amides is 1. The fourth-order valence-electron chi connectivity index (χ4n) is 4.18. The maximum atomic E-state index is 12.4. The van der Waals surface area contributed by atoms with Crippen molar-refractivity contribution in [2.45, 2.75) is 90.3 Å². The third-order valence-electron chi connectivity index (χ3n) is 6.02. The van der Waals surface area contributed by atoms with Crippen LogP contribution in [0.15, 0.2) is 18.2 Å². The van der Waals surface area contributed by atoms with Crippen LogP contribution in [-0.4, -0.2) is 61.3 Å². The van der Waals surface area contributed by atoms with Crippen LogP contribution in [0, 0.1) is 0 Å². The Bertz CT molecular complexity index is 862. The number of hydrogen-bond donors (Lipinski definition) is 2. The van der Waals surface area contributed by atoms with E-state index in [0.717, 1.165) is 49.8 Å². The molecule has 0 heterocycles. The Kier molecular flexibility index (Phi) is 11.8. The van der Waals surface area contributed by atoms with Gasteiger partial charge in [0, 0.05) is 19.6 Å². The number of carbonyl (C=O) groups excluding carboxylic acids is 3. The van der Waals surface area contributed by atoms with Gasteiger partial charge >= 0.3 is 17.9 Å². The van der Waals surface area contributed by atoms with Crippen molar-refractivity contribution in [3.8, 4) is 11.5 Å². The van der Waals surface area contributed by atoms with Crippen molar-refractivity contribution in [1.29, 1.82) is 0 Å². The van der Waals surface area contributed by atoms with Crippen LogP contribution in [0.5, 0.6) is 11.5 Å². The van der Waals surface area contributed by atoms with Crippen LogP contribution in [-0.2, 0) is 20.7 Å². The molecule has 36 heavy (non-hydrogen) atoms. The number of ether oxygens (including phenoxy) is 3. The van der Waals surface area contributed by atoms with E-state index in [2.05, 4.69) is 5.32 Å². The van der Waals surface area contributed by atoms with E-state index in [4.69, 9.17) is 19.9 Å². The molecule has 1 aromatic carbocycles. The third kappa shape index (κ3) is 10.7. The largest absolute Gasteiger partial charge is 0.493 e. The van der Waals surface area contributed by atoms with E-state index in [1.165, 1.54) is 17.7 Å². The van der Waals surface area contributed by atoms with Gasteiger partial charge in [-0.05, 0) is 83.4 Å². The monoisotopic (exact) mass is 505 g/mol. The van der Waals surface area contributed by atoms with Crippen molar-refractivity contribution < 1.29 is 28.6 Å². The molecule has 0 aromatic heterocycles. The number of carbonyl (C=O) groups is 3. The lowest BCUT2D eigenvalue weighted by Gasteiger charge is -2.22. The quantitative estimate of drug-likeness (QED) is 0.309. The summed E-state index contributed by atoms with van der Waals surface area (Å²) in [7, 11) is 1.62. The van der Waals surface area contributed by atoms with E-state index in [0.29, 0.717) is 31.8 Å². The van der Waals surface area contributed by atoms with Gasteiger partial charge in [-0.3, -0.25) is 9.59 Å². The fraction of sp³-hybridized carbons (Fsp3) is 0.667. The Morgan fingerprint density at radius 3 is 2.36 bits per heavy atom. The van der Waals surface area contributed by atoms with Gasteiger partial charge in [0.2, 0.25) is 0 Å². The second kappa shape index (κ2) is 14.6. The molecule has 1 aliphatic carbocycles. The van der Waals surface area contributed by atoms with Gasteiger partial charge < -0.3 is 30.2 Å². The van der Waals surface area contributed by atoms with Crippen LogP contribution in [0.1, 0.15) is 77.7 Å². The highest BCUT2D eigenvalue weighted by Gasteiger charge is 2.21. The van der Waals surface area contributed by atoms with Crippen molar-refractivity contribution in [1.82, 2.24) is 10.2 Å². The summed E-state index contributed by atoms with van der Waals surface area (Å²) in [6.07, 6.45) is 8.10. The summed E-state index contributed by atoms with van der Waals surface area (Å²) in [6.45, 7) is 6.83. The molecule has 0 saturated heterocycles. The highest BCUT2D eigenvalue weighted by molar-refractivity contribution is 6.34. The number of amides is 3. The first kappa shape index (κ1) is 29.3. The summed E-state index contributed by atoms with van der Waals surface area (Å²) >= 11 is 0. The van der Waals surface area contributed by atoms with E-state index in [1.54, 1.807) is 7.11 Å². The zero-order valence-electron chi connectivity index (χ0n) is 22.3. The molecule has 1 saturated carbocycles. The summed E-state index contributed by atoms with van der Waals surface area (Å²) < 4.78 is 16.8. The molecule has 1 aromatic rings. The van der Waals surface area contributed by atoms with E-state index in [9.17, 15) is 14.4 Å². The zero-order chi connectivity index (χ0) is 26.6. The molecule has 9 nitrogen and oxygen atoms in total. The van der Waals surface area contributed by atoms with Crippen LogP contribution < -0.4 is 20.5 Å². The van der Waals surface area contributed by atoms with Crippen molar-refractivity contribution in [2.75, 3.05) is 26.7 Å². The second-order valence-electron chi connectivity index (χ2n) is 10.3. The van der Waals surface area contributed by atoms with Crippen LogP contribution in [0.2, 0.25) is 0 Å². The lowest BCUT2D eigenvalue weighted by atomic mass is 10.1. The molecule has 0 atom stereocenters. The molecule has 3 amide bonds. The van der Waals surface area contributed by atoms with Crippen molar-refractivity contribution >= 4 is 17.9 Å². The third-order valence-corrected chi connectivity index (χ3v) is 6.02. The first-order valence-corrected chi connectivity index (χ1v) is 13.0. The Morgan fingerprint density at radius 1 is 1.03 bits per heavy atom. The molecule has 0 bridgehead atoms. The minimum absolute atomic E-state index is 0.210. The number of hydrogen-bond acceptors (Lipinski definition) is 6. The van der Waals surface area contributed by atoms with Crippen LogP contribution in [0.25, 0.3) is 0 Å². The van der Waals surface area contributed by atoms with Gasteiger partial charge in [0.1, 0.15) is 5.60 Å². The Labute approximate surface area is 215 Å². The molecule has 0 unspecified atom stereocenters. The Hall–Kier alpha value is -2.97. The SMILES string of the molecule is COc1ccc(CCN(CCCCCCNC(=O)OC(C)(C)C)C(=O)C(N)=O)cc1OC1CCCC1. The molecule has 3 N–H and O–H groups in total. The van der Waals surface area contributed by atoms with Crippen LogP contribution >= 0.6 is 0 Å². The van der Waals surface area contributed by atoms with Gasteiger partial charge in [-0.2, -0.15) is 0 Å². The number of nitrogens with two attached hydrogens (primary N) is 1. The number of nitrogens with one attached hydrogen (secondary N) is 1. The minimum Gasteiger partial charge on any atom is -0.493 e. The number of rotatable bonds is 13. The summed E-state index contributed by atoms with van der Waals surface area (Å²) in [5.41, 5.74) is 5.76. The predicted molar refractivity (Wildman–Crippen MR) is 138 cm³/mol. The van der Waals surface area contributed by atoms with Crippen LogP contribution in [0.3, 0.4) is 0 Å². The number of alkyl carbamates (subject to hydrolysis) is 1. The second-order valence-corrected chi connectivity index (χ2v) is 10.3. The maximum Gasteiger partial charge on any atom is 0.407 e. The van der Waals surface area contributed by atoms with E-state index < -0.39 is 23.5 Å². The number of unbranched alkanes of at least 4 members (excludes halogenated alkanes) is 3. The maximum absolute atomic E-state index is 12.4. The van der Waals surface area contributed by atoms with Gasteiger partial charge in [0.25, 0.3) is 0 Å². The molecule has 1 aliphatic rings. The number of methoxy groups -OCH3 is 1. The molecular weight excluding hydrogens is 462 g/mol. The topological polar surface area (TPSA) is 120 Å². The summed E-state index contributed by atoms with van der Waals surface area (Å²) in [4.78, 5) is 37.1. The Balaban J connectivity index is 1.80. The number of benzene rings is 1. The summed E-state index contributed by atoms with van der Waals surface area (Å²) in [5.74, 6) is -0.208. The summed E-state index contributed by atoms with van der Waals surface area (Å²) in [6, 6.07) is 5.79. The van der Waals surface area contributed by atoms with Crippen molar-refractivity contribution in [2.24, 2.45) is 5.73 Å². The molecule has 0 aliphatic heterocycles. The van der Waals surface area contributed by atoms with Gasteiger partial charge in [-0.15, -0.1) is 0 Å². The zero-order valence-corrected chi connectivity index (χ0v) is 22.3. The average Bonchev–Trinajstić information content (AvgIpc) is 3.32. The molecule has 0 spiro atoms. The van der Waals surface area contributed by atoms with Gasteiger partial charge in [-0.1, -0.05) is 18.9 Å². The van der Waals surface area contributed by atoms with Gasteiger partial charge in [0.15, 0.2) is 11.5 Å². The number of nitrogens with zero attached hydrogens (tertiary/aromatic N) is 1. The highest BCUT2D eigenvalue weighted by Crippen LogP contribution is 2.32. The normalized spacial score (nSPS) is 13.8. The molecule has 1 fully saturated rings.